The topological polar surface area (TPSA) is 75.4 Å². The highest BCUT2D eigenvalue weighted by atomic mass is 32.1. The van der Waals surface area contributed by atoms with Crippen molar-refractivity contribution in [3.63, 3.8) is 0 Å². The molecule has 1 heterocycles. The van der Waals surface area contributed by atoms with Crippen molar-refractivity contribution >= 4 is 29.0 Å². The lowest BCUT2D eigenvalue weighted by Crippen LogP contribution is -2.58. The third kappa shape index (κ3) is 2.81. The maximum Gasteiger partial charge on any atom is 0.243 e. The number of nitrogens with two attached hydrogens (primary N) is 1. The van der Waals surface area contributed by atoms with Crippen molar-refractivity contribution < 1.29 is 9.59 Å². The Kier molecular flexibility index (Phi) is 3.18. The number of carbonyl (C=O) groups is 2. The molecule has 5 nitrogen and oxygen atoms in total. The monoisotopic (exact) mass is 255 g/mol. The maximum atomic E-state index is 11.5. The SMILES string of the molecule is CC1C(=O)NC(=O)CN1CC1(CC(N)=S)CC1. The van der Waals surface area contributed by atoms with E-state index in [1.165, 1.54) is 0 Å². The molecule has 1 saturated heterocycles. The largest absolute Gasteiger partial charge is 0.393 e. The van der Waals surface area contributed by atoms with Gasteiger partial charge in [0.15, 0.2) is 0 Å². The second-order valence-corrected chi connectivity index (χ2v) is 5.66. The number of imide groups is 1. The summed E-state index contributed by atoms with van der Waals surface area (Å²) in [4.78, 5) is 25.3. The minimum Gasteiger partial charge on any atom is -0.393 e. The van der Waals surface area contributed by atoms with E-state index in [1.807, 2.05) is 11.8 Å². The van der Waals surface area contributed by atoms with Crippen molar-refractivity contribution in [3.05, 3.63) is 0 Å². The van der Waals surface area contributed by atoms with Gasteiger partial charge in [0, 0.05) is 13.0 Å². The van der Waals surface area contributed by atoms with E-state index in [1.54, 1.807) is 0 Å². The van der Waals surface area contributed by atoms with E-state index in [4.69, 9.17) is 18.0 Å². The Hall–Kier alpha value is -1.01. The van der Waals surface area contributed by atoms with Crippen LogP contribution in [0.4, 0.5) is 0 Å². The van der Waals surface area contributed by atoms with Crippen molar-refractivity contribution in [3.8, 4) is 0 Å². The number of carbonyl (C=O) groups excluding carboxylic acids is 2. The molecule has 94 valence electrons. The lowest BCUT2D eigenvalue weighted by molar-refractivity contribution is -0.139. The standard InChI is InChI=1S/C11H17N3O2S/c1-7-10(16)13-9(15)5-14(7)6-11(2-3-11)4-8(12)17/h7H,2-6H2,1H3,(H2,12,17)(H,13,15,16). The second kappa shape index (κ2) is 4.34. The molecule has 1 atom stereocenters. The van der Waals surface area contributed by atoms with Crippen LogP contribution >= 0.6 is 12.2 Å². The average Bonchev–Trinajstić information content (AvgIpc) is 2.92. The fourth-order valence-electron chi connectivity index (χ4n) is 2.33. The van der Waals surface area contributed by atoms with Crippen LogP contribution in [0.5, 0.6) is 0 Å². The van der Waals surface area contributed by atoms with E-state index < -0.39 is 0 Å². The average molecular weight is 255 g/mol. The quantitative estimate of drug-likeness (QED) is 0.537. The Morgan fingerprint density at radius 2 is 2.24 bits per heavy atom. The molecule has 2 aliphatic rings. The number of amides is 2. The van der Waals surface area contributed by atoms with E-state index in [2.05, 4.69) is 5.32 Å². The molecule has 0 bridgehead atoms. The van der Waals surface area contributed by atoms with Crippen LogP contribution in [0.1, 0.15) is 26.2 Å². The molecule has 2 rings (SSSR count). The van der Waals surface area contributed by atoms with Crippen molar-refractivity contribution in [2.75, 3.05) is 13.1 Å². The van der Waals surface area contributed by atoms with Crippen LogP contribution in [0.25, 0.3) is 0 Å². The molecule has 0 spiro atoms. The molecule has 2 amide bonds. The van der Waals surface area contributed by atoms with Crippen molar-refractivity contribution in [1.29, 1.82) is 0 Å². The molecule has 1 unspecified atom stereocenters. The summed E-state index contributed by atoms with van der Waals surface area (Å²) in [6.07, 6.45) is 2.86. The predicted octanol–water partition coefficient (Wildman–Crippen LogP) is -0.210. The van der Waals surface area contributed by atoms with Gasteiger partial charge in [0.2, 0.25) is 11.8 Å². The molecule has 2 fully saturated rings. The molecule has 6 heteroatoms. The number of piperazine rings is 1. The van der Waals surface area contributed by atoms with Crippen LogP contribution in [0.2, 0.25) is 0 Å². The first-order valence-electron chi connectivity index (χ1n) is 5.78. The molecule has 17 heavy (non-hydrogen) atoms. The lowest BCUT2D eigenvalue weighted by Gasteiger charge is -2.34. The Morgan fingerprint density at radius 1 is 1.59 bits per heavy atom. The fourth-order valence-corrected chi connectivity index (χ4v) is 2.64. The molecule has 0 aromatic rings. The Bertz CT molecular complexity index is 379. The third-order valence-electron chi connectivity index (χ3n) is 3.58. The van der Waals surface area contributed by atoms with Gasteiger partial charge in [-0.15, -0.1) is 0 Å². The number of hydrogen-bond acceptors (Lipinski definition) is 4. The summed E-state index contributed by atoms with van der Waals surface area (Å²) in [5, 5.41) is 2.34. The van der Waals surface area contributed by atoms with Gasteiger partial charge in [-0.1, -0.05) is 12.2 Å². The van der Waals surface area contributed by atoms with Gasteiger partial charge in [0.05, 0.1) is 17.6 Å². The van der Waals surface area contributed by atoms with Gasteiger partial charge >= 0.3 is 0 Å². The number of thiocarbonyl (C=S) groups is 1. The van der Waals surface area contributed by atoms with Crippen molar-refractivity contribution in [2.45, 2.75) is 32.2 Å². The van der Waals surface area contributed by atoms with Crippen molar-refractivity contribution in [1.82, 2.24) is 10.2 Å². The summed E-state index contributed by atoms with van der Waals surface area (Å²) in [5.74, 6) is -0.438. The number of hydrogen-bond donors (Lipinski definition) is 2. The predicted molar refractivity (Wildman–Crippen MR) is 67.3 cm³/mol. The number of rotatable bonds is 4. The lowest BCUT2D eigenvalue weighted by atomic mass is 10.00. The Balaban J connectivity index is 2.00. The van der Waals surface area contributed by atoms with Crippen LogP contribution in [0, 0.1) is 5.41 Å². The molecule has 0 radical (unpaired) electrons. The minimum atomic E-state index is -0.253. The second-order valence-electron chi connectivity index (χ2n) is 5.14. The van der Waals surface area contributed by atoms with Gasteiger partial charge in [0.25, 0.3) is 0 Å². The van der Waals surface area contributed by atoms with Gasteiger partial charge < -0.3 is 5.73 Å². The zero-order chi connectivity index (χ0) is 12.6. The van der Waals surface area contributed by atoms with Crippen LogP contribution in [0.15, 0.2) is 0 Å². The normalized spacial score (nSPS) is 27.7. The highest BCUT2D eigenvalue weighted by molar-refractivity contribution is 7.80. The first kappa shape index (κ1) is 12.4. The van der Waals surface area contributed by atoms with Crippen molar-refractivity contribution in [2.24, 2.45) is 11.1 Å². The number of nitrogens with zero attached hydrogens (tertiary/aromatic N) is 1. The highest BCUT2D eigenvalue weighted by Gasteiger charge is 2.46. The zero-order valence-electron chi connectivity index (χ0n) is 9.86. The zero-order valence-corrected chi connectivity index (χ0v) is 10.7. The summed E-state index contributed by atoms with van der Waals surface area (Å²) in [6.45, 7) is 2.83. The summed E-state index contributed by atoms with van der Waals surface area (Å²) in [5.41, 5.74) is 5.69. The highest BCUT2D eigenvalue weighted by Crippen LogP contribution is 2.49. The first-order chi connectivity index (χ1) is 7.92. The van der Waals surface area contributed by atoms with Crippen LogP contribution in [0.3, 0.4) is 0 Å². The molecular weight excluding hydrogens is 238 g/mol. The van der Waals surface area contributed by atoms with Crippen LogP contribution in [-0.2, 0) is 9.59 Å². The molecule has 1 aliphatic carbocycles. The first-order valence-corrected chi connectivity index (χ1v) is 6.19. The molecule has 0 aromatic heterocycles. The summed E-state index contributed by atoms with van der Waals surface area (Å²) in [7, 11) is 0. The van der Waals surface area contributed by atoms with E-state index in [0.29, 0.717) is 11.4 Å². The number of nitrogens with one attached hydrogen (secondary N) is 1. The van der Waals surface area contributed by atoms with Gasteiger partial charge in [-0.3, -0.25) is 19.8 Å². The summed E-state index contributed by atoms with van der Waals surface area (Å²) >= 11 is 4.94. The molecular formula is C11H17N3O2S. The minimum absolute atomic E-state index is 0.109. The molecule has 3 N–H and O–H groups in total. The molecule has 1 saturated carbocycles. The van der Waals surface area contributed by atoms with Crippen LogP contribution in [-0.4, -0.2) is 40.8 Å². The molecule has 0 aromatic carbocycles. The maximum absolute atomic E-state index is 11.5. The Labute approximate surface area is 106 Å². The van der Waals surface area contributed by atoms with E-state index in [9.17, 15) is 9.59 Å². The third-order valence-corrected chi connectivity index (χ3v) is 3.73. The van der Waals surface area contributed by atoms with Crippen LogP contribution < -0.4 is 11.1 Å². The van der Waals surface area contributed by atoms with E-state index >= 15 is 0 Å². The fraction of sp³-hybridized carbons (Fsp3) is 0.727. The summed E-state index contributed by atoms with van der Waals surface area (Å²) in [6, 6.07) is -0.253. The Morgan fingerprint density at radius 3 is 2.76 bits per heavy atom. The van der Waals surface area contributed by atoms with Gasteiger partial charge in [0.1, 0.15) is 0 Å². The van der Waals surface area contributed by atoms with Gasteiger partial charge in [-0.25, -0.2) is 0 Å². The van der Waals surface area contributed by atoms with Gasteiger partial charge in [-0.05, 0) is 25.2 Å². The molecule has 1 aliphatic heterocycles. The summed E-state index contributed by atoms with van der Waals surface area (Å²) < 4.78 is 0. The van der Waals surface area contributed by atoms with Gasteiger partial charge in [-0.2, -0.15) is 0 Å². The smallest absolute Gasteiger partial charge is 0.243 e. The van der Waals surface area contributed by atoms with E-state index in [0.717, 1.165) is 19.4 Å². The van der Waals surface area contributed by atoms with E-state index in [-0.39, 0.29) is 29.8 Å².